The first kappa shape index (κ1) is 27.3. The van der Waals surface area contributed by atoms with Crippen molar-refractivity contribution in [2.45, 2.75) is 31.7 Å². The number of hydrogen-bond donors (Lipinski definition) is 3. The molecule has 1 atom stereocenters. The fourth-order valence-corrected chi connectivity index (χ4v) is 4.85. The number of primary amides is 1. The molecule has 4 N–H and O–H groups in total. The summed E-state index contributed by atoms with van der Waals surface area (Å²) < 4.78 is 22.6. The molecule has 13 heteroatoms. The van der Waals surface area contributed by atoms with Gasteiger partial charge in [0.15, 0.2) is 17.5 Å². The lowest BCUT2D eigenvalue weighted by Gasteiger charge is -2.33. The van der Waals surface area contributed by atoms with E-state index in [0.717, 1.165) is 5.52 Å². The maximum absolute atomic E-state index is 16.1. The number of piperidine rings is 1. The Bertz CT molecular complexity index is 1650. The number of aromatic hydroxyl groups is 1. The number of halogens is 1. The van der Waals surface area contributed by atoms with Gasteiger partial charge in [0.2, 0.25) is 5.91 Å². The first-order chi connectivity index (χ1) is 19.8. The van der Waals surface area contributed by atoms with Crippen LogP contribution in [0.15, 0.2) is 48.8 Å². The highest BCUT2D eigenvalue weighted by Crippen LogP contribution is 2.33. The topological polar surface area (TPSA) is 172 Å². The highest BCUT2D eigenvalue weighted by molar-refractivity contribution is 5.79. The van der Waals surface area contributed by atoms with Gasteiger partial charge in [-0.15, -0.1) is 0 Å². The Morgan fingerprint density at radius 3 is 2.93 bits per heavy atom. The fourth-order valence-electron chi connectivity index (χ4n) is 4.85. The van der Waals surface area contributed by atoms with Crippen molar-refractivity contribution in [3.63, 3.8) is 0 Å². The quantitative estimate of drug-likeness (QED) is 0.293. The second-order valence-corrected chi connectivity index (χ2v) is 9.57. The van der Waals surface area contributed by atoms with Crippen molar-refractivity contribution in [1.82, 2.24) is 24.5 Å². The van der Waals surface area contributed by atoms with Crippen LogP contribution in [0.25, 0.3) is 28.2 Å². The zero-order valence-corrected chi connectivity index (χ0v) is 22.0. The molecule has 1 aliphatic rings. The van der Waals surface area contributed by atoms with E-state index in [-0.39, 0.29) is 54.5 Å². The number of nitrogens with zero attached hydrogens (tertiary/aromatic N) is 6. The summed E-state index contributed by atoms with van der Waals surface area (Å²) in [6, 6.07) is 11.6. The number of phenolic OH excluding ortho intramolecular Hbond substituents is 1. The number of nitriles is 1. The van der Waals surface area contributed by atoms with Crippen LogP contribution in [0.4, 0.5) is 15.0 Å². The Labute approximate surface area is 234 Å². The van der Waals surface area contributed by atoms with Gasteiger partial charge < -0.3 is 25.8 Å². The predicted octanol–water partition coefficient (Wildman–Crippen LogP) is 3.26. The Balaban J connectivity index is 1.55. The molecule has 4 heterocycles. The van der Waals surface area contributed by atoms with Crippen molar-refractivity contribution in [1.29, 1.82) is 5.26 Å². The molecule has 4 aromatic rings. The van der Waals surface area contributed by atoms with E-state index in [4.69, 9.17) is 15.7 Å². The summed E-state index contributed by atoms with van der Waals surface area (Å²) in [6.45, 7) is 0.760. The van der Waals surface area contributed by atoms with E-state index < -0.39 is 11.9 Å². The minimum atomic E-state index is -0.938. The number of fused-ring (bicyclic) bond motifs is 1. The van der Waals surface area contributed by atoms with Crippen LogP contribution < -0.4 is 11.1 Å². The molecule has 5 rings (SSSR count). The molecule has 2 amide bonds. The minimum Gasteiger partial charge on any atom is -0.508 e. The summed E-state index contributed by atoms with van der Waals surface area (Å²) in [4.78, 5) is 34.0. The predicted molar refractivity (Wildman–Crippen MR) is 146 cm³/mol. The molecule has 0 saturated carbocycles. The van der Waals surface area contributed by atoms with E-state index in [1.807, 2.05) is 24.3 Å². The highest BCUT2D eigenvalue weighted by atomic mass is 19.1. The average Bonchev–Trinajstić information content (AvgIpc) is 3.40. The summed E-state index contributed by atoms with van der Waals surface area (Å²) in [6.07, 6.45) is 3.72. The zero-order valence-electron chi connectivity index (χ0n) is 22.0. The maximum Gasteiger partial charge on any atom is 0.404 e. The molecule has 0 radical (unpaired) electrons. The molecule has 3 aromatic heterocycles. The van der Waals surface area contributed by atoms with Crippen molar-refractivity contribution in [3.8, 4) is 34.5 Å². The third-order valence-corrected chi connectivity index (χ3v) is 6.83. The Hall–Kier alpha value is -5.25. The molecule has 1 aromatic carbocycles. The monoisotopic (exact) mass is 558 g/mol. The van der Waals surface area contributed by atoms with Gasteiger partial charge in [0.1, 0.15) is 17.9 Å². The molecule has 1 fully saturated rings. The number of carbonyl (C=O) groups excluding carboxylic acids is 2. The van der Waals surface area contributed by atoms with E-state index in [9.17, 15) is 14.7 Å². The molecule has 12 nitrogen and oxygen atoms in total. The molecule has 0 unspecified atom stereocenters. The van der Waals surface area contributed by atoms with Crippen molar-refractivity contribution in [3.05, 3.63) is 60.2 Å². The third kappa shape index (κ3) is 6.01. The first-order valence-corrected chi connectivity index (χ1v) is 13.0. The number of amides is 2. The number of ether oxygens (including phenoxy) is 1. The number of hydrogen-bond acceptors (Lipinski definition) is 9. The maximum atomic E-state index is 16.1. The van der Waals surface area contributed by atoms with Gasteiger partial charge in [0.05, 0.1) is 30.0 Å². The third-order valence-electron chi connectivity index (χ3n) is 6.83. The zero-order chi connectivity index (χ0) is 28.9. The van der Waals surface area contributed by atoms with Crippen LogP contribution in [0.2, 0.25) is 0 Å². The first-order valence-electron chi connectivity index (χ1n) is 13.0. The average molecular weight is 559 g/mol. The van der Waals surface area contributed by atoms with Crippen molar-refractivity contribution in [2.75, 3.05) is 25.0 Å². The number of likely N-dealkylation sites (tertiary alicyclic amines) is 1. The van der Waals surface area contributed by atoms with Gasteiger partial charge in [0.25, 0.3) is 0 Å². The number of nitrogens with two attached hydrogens (primary N) is 1. The van der Waals surface area contributed by atoms with Crippen LogP contribution >= 0.6 is 0 Å². The molecule has 1 aliphatic heterocycles. The number of benzene rings is 1. The Morgan fingerprint density at radius 1 is 1.27 bits per heavy atom. The second kappa shape index (κ2) is 11.9. The smallest absolute Gasteiger partial charge is 0.404 e. The van der Waals surface area contributed by atoms with Crippen molar-refractivity contribution in [2.24, 2.45) is 5.73 Å². The number of phenols is 1. The minimum absolute atomic E-state index is 0.0157. The summed E-state index contributed by atoms with van der Waals surface area (Å²) in [7, 11) is 0. The van der Waals surface area contributed by atoms with Crippen LogP contribution in [0.3, 0.4) is 0 Å². The molecular formula is C28H27FN8O4. The highest BCUT2D eigenvalue weighted by Gasteiger charge is 2.26. The molecule has 0 spiro atoms. The van der Waals surface area contributed by atoms with Crippen LogP contribution in [0.1, 0.15) is 24.8 Å². The van der Waals surface area contributed by atoms with Crippen LogP contribution in [-0.4, -0.2) is 67.3 Å². The lowest BCUT2D eigenvalue weighted by molar-refractivity contribution is -0.131. The molecule has 41 heavy (non-hydrogen) atoms. The van der Waals surface area contributed by atoms with Crippen LogP contribution in [-0.2, 0) is 16.0 Å². The summed E-state index contributed by atoms with van der Waals surface area (Å²) >= 11 is 0. The van der Waals surface area contributed by atoms with Gasteiger partial charge in [-0.05, 0) is 48.7 Å². The number of anilines is 1. The summed E-state index contributed by atoms with van der Waals surface area (Å²) in [5.74, 6) is -0.860. The standard InChI is InChI=1S/C28H27FN8O4/c29-24-25(18-6-7-22(38)17(14-18)9-13-41-28(31)40)34-26(20-15-32-37-12-2-1-5-21(20)37)35-27(24)33-19-4-3-11-36(16-19)23(39)8-10-30/h1-2,5-7,12,14-15,19,38H,3-4,8-9,11,13,16H2,(H2,31,40)(H,33,34,35)/t19-/m1/s1. The van der Waals surface area contributed by atoms with E-state index in [1.165, 1.54) is 12.1 Å². The van der Waals surface area contributed by atoms with Gasteiger partial charge in [-0.25, -0.2) is 23.7 Å². The number of carbonyl (C=O) groups is 2. The number of nitrogens with one attached hydrogen (secondary N) is 1. The van der Waals surface area contributed by atoms with Gasteiger partial charge in [-0.3, -0.25) is 4.79 Å². The SMILES string of the molecule is N#CCC(=O)N1CCC[C@@H](Nc2nc(-c3cnn4ccccc34)nc(-c3ccc(O)c(CCOC(N)=O)c3)c2F)C1. The lowest BCUT2D eigenvalue weighted by Crippen LogP contribution is -2.45. The Morgan fingerprint density at radius 2 is 2.12 bits per heavy atom. The molecule has 0 bridgehead atoms. The fraction of sp³-hybridized carbons (Fsp3) is 0.286. The largest absolute Gasteiger partial charge is 0.508 e. The van der Waals surface area contributed by atoms with Crippen LogP contribution in [0, 0.1) is 17.1 Å². The summed E-state index contributed by atoms with van der Waals surface area (Å²) in [5.41, 5.74) is 7.09. The van der Waals surface area contributed by atoms with E-state index >= 15 is 4.39 Å². The van der Waals surface area contributed by atoms with E-state index in [2.05, 4.69) is 20.4 Å². The van der Waals surface area contributed by atoms with E-state index in [1.54, 1.807) is 27.9 Å². The number of pyridine rings is 1. The number of aromatic nitrogens is 4. The normalized spacial score (nSPS) is 14.9. The van der Waals surface area contributed by atoms with Gasteiger partial charge in [-0.1, -0.05) is 6.07 Å². The molecule has 1 saturated heterocycles. The van der Waals surface area contributed by atoms with Crippen molar-refractivity contribution >= 4 is 23.3 Å². The second-order valence-electron chi connectivity index (χ2n) is 9.57. The van der Waals surface area contributed by atoms with Gasteiger partial charge >= 0.3 is 6.09 Å². The van der Waals surface area contributed by atoms with Crippen molar-refractivity contribution < 1.29 is 23.8 Å². The summed E-state index contributed by atoms with van der Waals surface area (Å²) in [5, 5.41) is 26.8. The lowest BCUT2D eigenvalue weighted by atomic mass is 10.0. The van der Waals surface area contributed by atoms with Gasteiger partial charge in [-0.2, -0.15) is 10.4 Å². The van der Waals surface area contributed by atoms with E-state index in [0.29, 0.717) is 42.6 Å². The van der Waals surface area contributed by atoms with Gasteiger partial charge in [0, 0.05) is 37.3 Å². The Kier molecular flexibility index (Phi) is 7.91. The molecule has 0 aliphatic carbocycles. The molecular weight excluding hydrogens is 531 g/mol. The van der Waals surface area contributed by atoms with Crippen LogP contribution in [0.5, 0.6) is 5.75 Å². The molecule has 210 valence electrons. The number of rotatable bonds is 8.